The molecular formula is C9H16O4. The van der Waals surface area contributed by atoms with Crippen molar-refractivity contribution in [2.24, 2.45) is 5.92 Å². The summed E-state index contributed by atoms with van der Waals surface area (Å²) in [6.45, 7) is 4.97. The van der Waals surface area contributed by atoms with Crippen LogP contribution in [0.4, 0.5) is 0 Å². The van der Waals surface area contributed by atoms with E-state index in [4.69, 9.17) is 5.11 Å². The van der Waals surface area contributed by atoms with Gasteiger partial charge in [-0.2, -0.15) is 0 Å². The normalized spacial score (nSPS) is 12.7. The first kappa shape index (κ1) is 12.1. The Hall–Kier alpha value is -0.900. The van der Waals surface area contributed by atoms with Crippen molar-refractivity contribution in [2.45, 2.75) is 39.7 Å². The Morgan fingerprint density at radius 1 is 1.23 bits per heavy atom. The summed E-state index contributed by atoms with van der Waals surface area (Å²) in [7, 11) is 0. The third kappa shape index (κ3) is 4.03. The van der Waals surface area contributed by atoms with E-state index in [1.165, 1.54) is 6.92 Å². The van der Waals surface area contributed by atoms with Crippen molar-refractivity contribution in [3.8, 4) is 0 Å². The number of hydrogen-bond donors (Lipinski definition) is 1. The Morgan fingerprint density at radius 3 is 2.00 bits per heavy atom. The van der Waals surface area contributed by atoms with Crippen molar-refractivity contribution in [3.63, 3.8) is 0 Å². The molecule has 4 heteroatoms. The molecule has 0 saturated carbocycles. The van der Waals surface area contributed by atoms with Crippen LogP contribution in [-0.4, -0.2) is 23.1 Å². The Labute approximate surface area is 77.9 Å². The first-order valence-corrected chi connectivity index (χ1v) is 4.46. The molecule has 0 saturated heterocycles. The number of esters is 2. The molecule has 0 bridgehead atoms. The lowest BCUT2D eigenvalue weighted by molar-refractivity contribution is -0.168. The summed E-state index contributed by atoms with van der Waals surface area (Å²) >= 11 is 0. The maximum Gasteiger partial charge on any atom is 0.342 e. The number of carbonyl (C=O) groups excluding carboxylic acids is 2. The predicted molar refractivity (Wildman–Crippen MR) is 46.9 cm³/mol. The minimum Gasteiger partial charge on any atom is -0.391 e. The number of ether oxygens (including phenoxy) is 1. The molecule has 0 aliphatic rings. The molecular weight excluding hydrogens is 172 g/mol. The summed E-state index contributed by atoms with van der Waals surface area (Å²) < 4.78 is 4.43. The molecule has 13 heavy (non-hydrogen) atoms. The van der Waals surface area contributed by atoms with E-state index in [0.29, 0.717) is 12.8 Å². The average Bonchev–Trinajstić information content (AvgIpc) is 2.06. The Bertz CT molecular complexity index is 182. The first-order chi connectivity index (χ1) is 6.02. The molecule has 1 N–H and O–H groups in total. The van der Waals surface area contributed by atoms with Crippen LogP contribution in [0.25, 0.3) is 0 Å². The van der Waals surface area contributed by atoms with Crippen molar-refractivity contribution >= 4 is 11.9 Å². The van der Waals surface area contributed by atoms with E-state index in [0.717, 1.165) is 0 Å². The van der Waals surface area contributed by atoms with Crippen LogP contribution in [0.5, 0.6) is 0 Å². The standard InChI is InChI=1S/C9H16O4/c1-4-7(5-2)9(12)13-8(11)6(3)10/h6-7,10H,4-5H2,1-3H3. The molecule has 0 spiro atoms. The molecule has 76 valence electrons. The molecule has 0 rings (SSSR count). The highest BCUT2D eigenvalue weighted by Crippen LogP contribution is 2.09. The number of hydrogen-bond acceptors (Lipinski definition) is 4. The van der Waals surface area contributed by atoms with Gasteiger partial charge in [-0.15, -0.1) is 0 Å². The van der Waals surface area contributed by atoms with Gasteiger partial charge in [0, 0.05) is 0 Å². The summed E-state index contributed by atoms with van der Waals surface area (Å²) in [5.41, 5.74) is 0. The highest BCUT2D eigenvalue weighted by atomic mass is 16.6. The van der Waals surface area contributed by atoms with Crippen molar-refractivity contribution < 1.29 is 19.4 Å². The molecule has 0 aliphatic heterocycles. The van der Waals surface area contributed by atoms with Gasteiger partial charge in [0.05, 0.1) is 5.92 Å². The van der Waals surface area contributed by atoms with E-state index < -0.39 is 18.0 Å². The van der Waals surface area contributed by atoms with E-state index in [-0.39, 0.29) is 5.92 Å². The second kappa shape index (κ2) is 5.70. The molecule has 1 atom stereocenters. The predicted octanol–water partition coefficient (Wildman–Crippen LogP) is 0.873. The lowest BCUT2D eigenvalue weighted by Crippen LogP contribution is -2.26. The third-order valence-electron chi connectivity index (χ3n) is 1.86. The lowest BCUT2D eigenvalue weighted by Gasteiger charge is -2.10. The largest absolute Gasteiger partial charge is 0.391 e. The van der Waals surface area contributed by atoms with Gasteiger partial charge in [0.2, 0.25) is 0 Å². The molecule has 0 aromatic carbocycles. The second-order valence-electron chi connectivity index (χ2n) is 2.93. The highest BCUT2D eigenvalue weighted by Gasteiger charge is 2.21. The molecule has 0 aliphatic carbocycles. The Morgan fingerprint density at radius 2 is 1.69 bits per heavy atom. The number of rotatable bonds is 4. The lowest BCUT2D eigenvalue weighted by atomic mass is 10.0. The van der Waals surface area contributed by atoms with Crippen LogP contribution in [-0.2, 0) is 14.3 Å². The van der Waals surface area contributed by atoms with Gasteiger partial charge in [0.15, 0.2) is 0 Å². The zero-order chi connectivity index (χ0) is 10.4. The minimum atomic E-state index is -1.24. The molecule has 0 amide bonds. The summed E-state index contributed by atoms with van der Waals surface area (Å²) in [4.78, 5) is 22.0. The zero-order valence-electron chi connectivity index (χ0n) is 8.24. The van der Waals surface area contributed by atoms with Crippen LogP contribution in [0.2, 0.25) is 0 Å². The number of aliphatic hydroxyl groups excluding tert-OH is 1. The molecule has 0 aromatic rings. The SMILES string of the molecule is CCC(CC)C(=O)OC(=O)C(C)O. The van der Waals surface area contributed by atoms with E-state index in [2.05, 4.69) is 4.74 Å². The smallest absolute Gasteiger partial charge is 0.342 e. The number of aliphatic hydroxyl groups is 1. The van der Waals surface area contributed by atoms with Crippen molar-refractivity contribution in [1.82, 2.24) is 0 Å². The molecule has 0 radical (unpaired) electrons. The monoisotopic (exact) mass is 188 g/mol. The first-order valence-electron chi connectivity index (χ1n) is 4.46. The van der Waals surface area contributed by atoms with Crippen LogP contribution < -0.4 is 0 Å². The fraction of sp³-hybridized carbons (Fsp3) is 0.778. The van der Waals surface area contributed by atoms with Gasteiger partial charge in [0.25, 0.3) is 0 Å². The Balaban J connectivity index is 4.06. The van der Waals surface area contributed by atoms with Gasteiger partial charge < -0.3 is 9.84 Å². The minimum absolute atomic E-state index is 0.248. The van der Waals surface area contributed by atoms with Crippen LogP contribution in [0.3, 0.4) is 0 Å². The average molecular weight is 188 g/mol. The quantitative estimate of drug-likeness (QED) is 0.525. The topological polar surface area (TPSA) is 63.6 Å². The molecule has 1 unspecified atom stereocenters. The molecule has 0 heterocycles. The van der Waals surface area contributed by atoms with Crippen LogP contribution in [0, 0.1) is 5.92 Å². The third-order valence-corrected chi connectivity index (χ3v) is 1.86. The summed E-state index contributed by atoms with van der Waals surface area (Å²) in [5.74, 6) is -1.67. The molecule has 4 nitrogen and oxygen atoms in total. The van der Waals surface area contributed by atoms with E-state index in [1.54, 1.807) is 0 Å². The summed E-state index contributed by atoms with van der Waals surface area (Å²) in [6, 6.07) is 0. The van der Waals surface area contributed by atoms with E-state index >= 15 is 0 Å². The highest BCUT2D eigenvalue weighted by molar-refractivity contribution is 5.88. The second-order valence-corrected chi connectivity index (χ2v) is 2.93. The van der Waals surface area contributed by atoms with Gasteiger partial charge >= 0.3 is 11.9 Å². The van der Waals surface area contributed by atoms with Gasteiger partial charge in [0.1, 0.15) is 6.10 Å². The van der Waals surface area contributed by atoms with Crippen LogP contribution >= 0.6 is 0 Å². The van der Waals surface area contributed by atoms with Crippen molar-refractivity contribution in [2.75, 3.05) is 0 Å². The van der Waals surface area contributed by atoms with Crippen LogP contribution in [0.15, 0.2) is 0 Å². The maximum absolute atomic E-state index is 11.2. The summed E-state index contributed by atoms with van der Waals surface area (Å²) in [5, 5.41) is 8.77. The number of carbonyl (C=O) groups is 2. The summed E-state index contributed by atoms with van der Waals surface area (Å²) in [6.07, 6.45) is 0.0449. The fourth-order valence-corrected chi connectivity index (χ4v) is 0.890. The Kier molecular flexibility index (Phi) is 5.30. The fourth-order valence-electron chi connectivity index (χ4n) is 0.890. The zero-order valence-corrected chi connectivity index (χ0v) is 8.24. The molecule has 0 aromatic heterocycles. The van der Waals surface area contributed by atoms with Gasteiger partial charge in [-0.05, 0) is 19.8 Å². The maximum atomic E-state index is 11.2. The van der Waals surface area contributed by atoms with Crippen molar-refractivity contribution in [3.05, 3.63) is 0 Å². The van der Waals surface area contributed by atoms with E-state index in [9.17, 15) is 9.59 Å². The van der Waals surface area contributed by atoms with Gasteiger partial charge in [-0.25, -0.2) is 4.79 Å². The van der Waals surface area contributed by atoms with Crippen LogP contribution in [0.1, 0.15) is 33.6 Å². The van der Waals surface area contributed by atoms with Gasteiger partial charge in [-0.1, -0.05) is 13.8 Å². The van der Waals surface area contributed by atoms with Gasteiger partial charge in [-0.3, -0.25) is 4.79 Å². The molecule has 0 fully saturated rings. The van der Waals surface area contributed by atoms with E-state index in [1.807, 2.05) is 13.8 Å². The van der Waals surface area contributed by atoms with Crippen molar-refractivity contribution in [1.29, 1.82) is 0 Å².